The topological polar surface area (TPSA) is 199 Å². The number of anilines is 1. The van der Waals surface area contributed by atoms with Crippen LogP contribution in [0.1, 0.15) is 86.6 Å². The van der Waals surface area contributed by atoms with E-state index in [2.05, 4.69) is 38.0 Å². The van der Waals surface area contributed by atoms with Gasteiger partial charge in [-0.05, 0) is 151 Å². The maximum Gasteiger partial charge on any atom is 0.411 e. The lowest BCUT2D eigenvalue weighted by Crippen LogP contribution is -2.48. The first-order valence-corrected chi connectivity index (χ1v) is 22.3. The van der Waals surface area contributed by atoms with Gasteiger partial charge < -0.3 is 35.6 Å². The molecule has 1 saturated carbocycles. The van der Waals surface area contributed by atoms with Gasteiger partial charge >= 0.3 is 23.9 Å². The molecule has 4 amide bonds. The van der Waals surface area contributed by atoms with Gasteiger partial charge in [-0.1, -0.05) is 30.3 Å². The maximum absolute atomic E-state index is 14.3. The molecule has 4 aromatic rings. The lowest BCUT2D eigenvalue weighted by Gasteiger charge is -2.35. The van der Waals surface area contributed by atoms with Gasteiger partial charge in [0.25, 0.3) is 5.91 Å². The minimum atomic E-state index is -5.45. The summed E-state index contributed by atoms with van der Waals surface area (Å²) in [6, 6.07) is 17.9. The molecule has 0 spiro atoms. The van der Waals surface area contributed by atoms with E-state index in [0.717, 1.165) is 48.2 Å². The van der Waals surface area contributed by atoms with Gasteiger partial charge in [-0.25, -0.2) is 14.6 Å². The average Bonchev–Trinajstić information content (AvgIpc) is 3.79. The molecule has 1 aromatic heterocycles. The van der Waals surface area contributed by atoms with Gasteiger partial charge in [0.15, 0.2) is 5.82 Å². The normalized spacial score (nSPS) is 17.8. The molecule has 6 rings (SSSR count). The van der Waals surface area contributed by atoms with Crippen LogP contribution < -0.4 is 16.0 Å². The molecule has 2 fully saturated rings. The van der Waals surface area contributed by atoms with E-state index in [1.807, 2.05) is 61.3 Å². The lowest BCUT2D eigenvalue weighted by molar-refractivity contribution is -0.231. The molecule has 0 bridgehead atoms. The zero-order valence-electron chi connectivity index (χ0n) is 38.4. The van der Waals surface area contributed by atoms with Crippen molar-refractivity contribution in [2.75, 3.05) is 39.0 Å². The number of alkyl carbamates (subject to hydrolysis) is 1. The summed E-state index contributed by atoms with van der Waals surface area (Å²) < 4.78 is 61.6. The van der Waals surface area contributed by atoms with Crippen molar-refractivity contribution in [3.05, 3.63) is 89.2 Å². The summed E-state index contributed by atoms with van der Waals surface area (Å²) in [6.45, 7) is 9.59. The summed E-state index contributed by atoms with van der Waals surface area (Å²) >= 11 is 0. The zero-order valence-corrected chi connectivity index (χ0v) is 38.4. The Morgan fingerprint density at radius 3 is 2.12 bits per heavy atom. The smallest absolute Gasteiger partial charge is 0.411 e. The van der Waals surface area contributed by atoms with Crippen LogP contribution in [-0.2, 0) is 31.5 Å². The first kappa shape index (κ1) is 50.1. The molecule has 1 saturated heterocycles. The van der Waals surface area contributed by atoms with Crippen LogP contribution in [0.5, 0.6) is 0 Å². The Morgan fingerprint density at radius 2 is 1.52 bits per heavy atom. The summed E-state index contributed by atoms with van der Waals surface area (Å²) in [5.41, 5.74) is 3.80. The van der Waals surface area contributed by atoms with E-state index < -0.39 is 53.1 Å². The number of benzene rings is 3. The van der Waals surface area contributed by atoms with Crippen LogP contribution in [0.4, 0.5) is 28.0 Å². The third-order valence-corrected chi connectivity index (χ3v) is 12.4. The number of nitrogens with zero attached hydrogens (tertiary/aromatic N) is 4. The molecular formula is C48H58F4N8O7. The summed E-state index contributed by atoms with van der Waals surface area (Å²) in [5, 5.41) is 22.4. The van der Waals surface area contributed by atoms with Crippen LogP contribution in [0.2, 0.25) is 0 Å². The Hall–Kier alpha value is -6.37. The van der Waals surface area contributed by atoms with Crippen molar-refractivity contribution in [2.24, 2.45) is 11.8 Å². The van der Waals surface area contributed by atoms with E-state index in [9.17, 15) is 41.5 Å². The number of carbonyl (C=O) groups is 5. The monoisotopic (exact) mass is 934 g/mol. The number of aryl methyl sites for hydroxylation is 1. The molecule has 360 valence electrons. The van der Waals surface area contributed by atoms with E-state index >= 15 is 0 Å². The van der Waals surface area contributed by atoms with Crippen molar-refractivity contribution in [3.63, 3.8) is 0 Å². The average molecular weight is 935 g/mol. The first-order valence-electron chi connectivity index (χ1n) is 22.3. The molecule has 1 atom stereocenters. The maximum atomic E-state index is 14.3. The van der Waals surface area contributed by atoms with Gasteiger partial charge in [0.2, 0.25) is 17.6 Å². The van der Waals surface area contributed by atoms with Gasteiger partial charge in [-0.3, -0.25) is 19.5 Å². The third-order valence-electron chi connectivity index (χ3n) is 12.4. The molecule has 15 nitrogen and oxygen atoms in total. The van der Waals surface area contributed by atoms with E-state index in [4.69, 9.17) is 9.84 Å². The fourth-order valence-corrected chi connectivity index (χ4v) is 8.34. The van der Waals surface area contributed by atoms with Crippen LogP contribution >= 0.6 is 0 Å². The number of hydrogen-bond acceptors (Lipinski definition) is 9. The number of amides is 4. The number of halogens is 4. The Bertz CT molecular complexity index is 2410. The number of H-pyrrole nitrogens is 1. The van der Waals surface area contributed by atoms with Gasteiger partial charge in [0, 0.05) is 48.8 Å². The van der Waals surface area contributed by atoms with Crippen molar-refractivity contribution in [1.82, 2.24) is 35.6 Å². The molecule has 67 heavy (non-hydrogen) atoms. The number of aliphatic carboxylic acids is 1. The number of rotatable bonds is 15. The van der Waals surface area contributed by atoms with Crippen molar-refractivity contribution in [1.29, 1.82) is 0 Å². The summed E-state index contributed by atoms with van der Waals surface area (Å²) in [5.74, 6) is -16.9. The fraction of sp³-hybridized carbons (Fsp3) is 0.479. The number of aromatic amines is 1. The number of ether oxygens (including phenoxy) is 1. The second kappa shape index (κ2) is 20.7. The fourth-order valence-electron chi connectivity index (χ4n) is 8.34. The summed E-state index contributed by atoms with van der Waals surface area (Å²) in [7, 11) is 3.94. The third kappa shape index (κ3) is 12.4. The van der Waals surface area contributed by atoms with Gasteiger partial charge in [-0.15, -0.1) is 0 Å². The van der Waals surface area contributed by atoms with Crippen LogP contribution in [-0.4, -0.2) is 117 Å². The van der Waals surface area contributed by atoms with Gasteiger partial charge in [0.05, 0.1) is 0 Å². The lowest BCUT2D eigenvalue weighted by atomic mass is 9.81. The van der Waals surface area contributed by atoms with Crippen LogP contribution in [0, 0.1) is 18.8 Å². The first-order chi connectivity index (χ1) is 31.5. The van der Waals surface area contributed by atoms with Crippen LogP contribution in [0.3, 0.4) is 0 Å². The number of piperidine rings is 1. The summed E-state index contributed by atoms with van der Waals surface area (Å²) in [4.78, 5) is 71.7. The van der Waals surface area contributed by atoms with Crippen molar-refractivity contribution < 1.29 is 51.4 Å². The molecule has 19 heteroatoms. The molecular weight excluding hydrogens is 877 g/mol. The van der Waals surface area contributed by atoms with E-state index in [1.54, 1.807) is 25.9 Å². The Labute approximate surface area is 386 Å². The largest absolute Gasteiger partial charge is 0.477 e. The summed E-state index contributed by atoms with van der Waals surface area (Å²) in [6.07, 6.45) is 3.88. The number of carboxylic acid groups (broad SMARTS) is 1. The van der Waals surface area contributed by atoms with Crippen LogP contribution in [0.15, 0.2) is 66.7 Å². The number of carbonyl (C=O) groups excluding carboxylic acids is 4. The zero-order chi connectivity index (χ0) is 48.8. The molecule has 5 N–H and O–H groups in total. The molecule has 1 aliphatic heterocycles. The second-order valence-corrected chi connectivity index (χ2v) is 18.6. The Morgan fingerprint density at radius 1 is 0.896 bits per heavy atom. The van der Waals surface area contributed by atoms with E-state index in [1.165, 1.54) is 24.3 Å². The van der Waals surface area contributed by atoms with E-state index in [0.29, 0.717) is 37.8 Å². The van der Waals surface area contributed by atoms with Gasteiger partial charge in [0.1, 0.15) is 11.6 Å². The number of alkyl halides is 4. The number of carboxylic acids is 1. The van der Waals surface area contributed by atoms with Gasteiger partial charge in [-0.2, -0.15) is 22.7 Å². The number of nitrogens with one attached hydrogen (secondary N) is 4. The predicted octanol–water partition coefficient (Wildman–Crippen LogP) is 7.42. The molecule has 0 radical (unpaired) electrons. The van der Waals surface area contributed by atoms with Crippen molar-refractivity contribution in [2.45, 2.75) is 102 Å². The quantitative estimate of drug-likeness (QED) is 0.0748. The predicted molar refractivity (Wildman–Crippen MR) is 241 cm³/mol. The standard InChI is InChI=1S/C48H58F4N8O7/c1-28-25-34(42(63)60(6)36-21-23-59(5)24-22-36)17-20-37(28)31-11-7-29(8-12-31)26-38(55-40(61)33-13-9-30(10-14-33)27-53-45(66)67-46(2,3)4)41(62)54-35-18-15-32(16-19-35)39-56-43(58-57-39)47(49,50)48(51,52)44(64)65/h7-8,11-12,15-20,25,30,33,36,38H,9-10,13-14,21-24,26-27H2,1-6H3,(H,53,66)(H,54,62)(H,55,61)(H,64,65)(H,56,57,58). The number of likely N-dealkylation sites (tertiary alicyclic amines) is 1. The molecule has 3 aromatic carbocycles. The molecule has 2 heterocycles. The molecule has 2 aliphatic rings. The van der Waals surface area contributed by atoms with Crippen molar-refractivity contribution >= 4 is 35.5 Å². The Kier molecular flexibility index (Phi) is 15.4. The minimum Gasteiger partial charge on any atom is -0.477 e. The second-order valence-electron chi connectivity index (χ2n) is 18.6. The highest BCUT2D eigenvalue weighted by Crippen LogP contribution is 2.42. The molecule has 1 unspecified atom stereocenters. The Balaban J connectivity index is 1.14. The van der Waals surface area contributed by atoms with E-state index in [-0.39, 0.29) is 47.4 Å². The highest BCUT2D eigenvalue weighted by Gasteiger charge is 2.65. The van der Waals surface area contributed by atoms with Crippen LogP contribution in [0.25, 0.3) is 22.5 Å². The highest BCUT2D eigenvalue weighted by atomic mass is 19.3. The highest BCUT2D eigenvalue weighted by molar-refractivity contribution is 5.98. The SMILES string of the molecule is Cc1cc(C(=O)N(C)C2CCN(C)CC2)ccc1-c1ccc(CC(NC(=O)C2CCC(CNC(=O)OC(C)(C)C)CC2)C(=O)Nc2ccc(-c3n[nH]c(C(F)(F)C(F)(F)C(=O)O)n3)cc2)cc1. The number of aromatic nitrogens is 3. The van der Waals surface area contributed by atoms with Crippen molar-refractivity contribution in [3.8, 4) is 22.5 Å². The number of hydrogen-bond donors (Lipinski definition) is 5. The minimum absolute atomic E-state index is 0.0228. The molecule has 1 aliphatic carbocycles.